The second kappa shape index (κ2) is 11.2. The lowest BCUT2D eigenvalue weighted by atomic mass is 10.1. The molecule has 1 amide bonds. The number of carbonyl (C=O) groups excluding carboxylic acids is 1. The highest BCUT2D eigenvalue weighted by Gasteiger charge is 2.14. The van der Waals surface area contributed by atoms with Crippen LogP contribution in [0.15, 0.2) is 53.5 Å². The zero-order valence-corrected chi connectivity index (χ0v) is 18.6. The molecular weight excluding hydrogens is 390 g/mol. The van der Waals surface area contributed by atoms with E-state index in [4.69, 9.17) is 4.74 Å². The number of benzene rings is 2. The molecule has 3 N–H and O–H groups in total. The molecule has 1 unspecified atom stereocenters. The van der Waals surface area contributed by atoms with Gasteiger partial charge in [0.05, 0.1) is 13.2 Å². The van der Waals surface area contributed by atoms with Gasteiger partial charge in [0.2, 0.25) is 0 Å². The topological polar surface area (TPSA) is 78.0 Å². The number of rotatable bonds is 8. The molecule has 1 aliphatic rings. The van der Waals surface area contributed by atoms with Crippen LogP contribution in [0.2, 0.25) is 0 Å². The van der Waals surface area contributed by atoms with Gasteiger partial charge in [-0.1, -0.05) is 12.1 Å². The van der Waals surface area contributed by atoms with E-state index < -0.39 is 0 Å². The fourth-order valence-corrected chi connectivity index (χ4v) is 3.65. The van der Waals surface area contributed by atoms with E-state index in [1.54, 1.807) is 38.4 Å². The molecule has 0 spiro atoms. The zero-order chi connectivity index (χ0) is 22.1. The average Bonchev–Trinajstić information content (AvgIpc) is 3.36. The standard InChI is InChI=1S/C24H33N5O2/c1-18(20-7-6-8-21(17-20)29-15-4-5-16-29)28-24(25-2)27-14-13-26-23(30)19-9-11-22(31-3)12-10-19/h6-12,17-18H,4-5,13-16H2,1-3H3,(H,26,30)(H2,25,27,28). The summed E-state index contributed by atoms with van der Waals surface area (Å²) in [5.41, 5.74) is 3.11. The van der Waals surface area contributed by atoms with Crippen LogP contribution in [-0.4, -0.2) is 52.2 Å². The highest BCUT2D eigenvalue weighted by molar-refractivity contribution is 5.94. The Morgan fingerprint density at radius 1 is 1.10 bits per heavy atom. The van der Waals surface area contributed by atoms with Gasteiger partial charge in [0.1, 0.15) is 5.75 Å². The first-order chi connectivity index (χ1) is 15.1. The van der Waals surface area contributed by atoms with Gasteiger partial charge in [-0.25, -0.2) is 0 Å². The second-order valence-electron chi connectivity index (χ2n) is 7.64. The smallest absolute Gasteiger partial charge is 0.251 e. The van der Waals surface area contributed by atoms with Crippen LogP contribution < -0.4 is 25.6 Å². The summed E-state index contributed by atoms with van der Waals surface area (Å²) in [4.78, 5) is 19.0. The summed E-state index contributed by atoms with van der Waals surface area (Å²) >= 11 is 0. The van der Waals surface area contributed by atoms with Gasteiger partial charge in [-0.2, -0.15) is 0 Å². The maximum Gasteiger partial charge on any atom is 0.251 e. The van der Waals surface area contributed by atoms with E-state index in [1.807, 2.05) is 0 Å². The van der Waals surface area contributed by atoms with Gasteiger partial charge in [-0.3, -0.25) is 9.79 Å². The molecule has 1 heterocycles. The van der Waals surface area contributed by atoms with Gasteiger partial charge < -0.3 is 25.6 Å². The predicted molar refractivity (Wildman–Crippen MR) is 126 cm³/mol. The van der Waals surface area contributed by atoms with Crippen LogP contribution in [0.4, 0.5) is 5.69 Å². The summed E-state index contributed by atoms with van der Waals surface area (Å²) in [6.45, 7) is 5.46. The van der Waals surface area contributed by atoms with Crippen LogP contribution in [0.3, 0.4) is 0 Å². The fourth-order valence-electron chi connectivity index (χ4n) is 3.65. The maximum absolute atomic E-state index is 12.2. The molecule has 1 aliphatic heterocycles. The Morgan fingerprint density at radius 2 is 1.81 bits per heavy atom. The molecule has 166 valence electrons. The third-order valence-corrected chi connectivity index (χ3v) is 5.47. The van der Waals surface area contributed by atoms with Crippen molar-refractivity contribution >= 4 is 17.6 Å². The van der Waals surface area contributed by atoms with Gasteiger partial charge >= 0.3 is 0 Å². The van der Waals surface area contributed by atoms with E-state index in [2.05, 4.69) is 57.0 Å². The van der Waals surface area contributed by atoms with Crippen molar-refractivity contribution in [3.8, 4) is 5.75 Å². The Morgan fingerprint density at radius 3 is 2.48 bits per heavy atom. The third-order valence-electron chi connectivity index (χ3n) is 5.47. The summed E-state index contributed by atoms with van der Waals surface area (Å²) in [6.07, 6.45) is 2.53. The number of nitrogens with one attached hydrogen (secondary N) is 3. The largest absolute Gasteiger partial charge is 0.497 e. The molecule has 1 saturated heterocycles. The lowest BCUT2D eigenvalue weighted by Gasteiger charge is -2.22. The minimum Gasteiger partial charge on any atom is -0.497 e. The molecule has 2 aromatic carbocycles. The summed E-state index contributed by atoms with van der Waals surface area (Å²) in [5.74, 6) is 1.32. The number of guanidine groups is 1. The molecule has 7 heteroatoms. The van der Waals surface area contributed by atoms with Gasteiger partial charge in [0, 0.05) is 44.5 Å². The molecule has 0 aliphatic carbocycles. The summed E-state index contributed by atoms with van der Waals surface area (Å²) < 4.78 is 5.12. The number of methoxy groups -OCH3 is 1. The van der Waals surface area contributed by atoms with E-state index in [9.17, 15) is 4.79 Å². The van der Waals surface area contributed by atoms with Crippen molar-refractivity contribution in [2.75, 3.05) is 45.2 Å². The van der Waals surface area contributed by atoms with Crippen molar-refractivity contribution in [3.63, 3.8) is 0 Å². The fraction of sp³-hybridized carbons (Fsp3) is 0.417. The lowest BCUT2D eigenvalue weighted by Crippen LogP contribution is -2.42. The van der Waals surface area contributed by atoms with Gasteiger partial charge in [-0.05, 0) is 61.7 Å². The van der Waals surface area contributed by atoms with Gasteiger partial charge in [-0.15, -0.1) is 0 Å². The number of amides is 1. The average molecular weight is 424 g/mol. The van der Waals surface area contributed by atoms with Crippen LogP contribution in [-0.2, 0) is 0 Å². The molecule has 7 nitrogen and oxygen atoms in total. The van der Waals surface area contributed by atoms with E-state index in [-0.39, 0.29) is 11.9 Å². The molecule has 3 rings (SSSR count). The number of carbonyl (C=O) groups is 1. The van der Waals surface area contributed by atoms with Crippen molar-refractivity contribution in [2.24, 2.45) is 4.99 Å². The molecule has 1 fully saturated rings. The number of anilines is 1. The Bertz CT molecular complexity index is 876. The molecule has 0 bridgehead atoms. The number of ether oxygens (including phenoxy) is 1. The van der Waals surface area contributed by atoms with Crippen molar-refractivity contribution in [3.05, 3.63) is 59.7 Å². The Kier molecular flexibility index (Phi) is 8.15. The molecular formula is C24H33N5O2. The first-order valence-electron chi connectivity index (χ1n) is 10.8. The number of hydrogen-bond acceptors (Lipinski definition) is 4. The first-order valence-corrected chi connectivity index (χ1v) is 10.8. The Balaban J connectivity index is 1.44. The highest BCUT2D eigenvalue weighted by atomic mass is 16.5. The summed E-state index contributed by atoms with van der Waals surface area (Å²) in [5, 5.41) is 9.59. The lowest BCUT2D eigenvalue weighted by molar-refractivity contribution is 0.0954. The minimum absolute atomic E-state index is 0.112. The normalized spacial score (nSPS) is 14.8. The molecule has 0 aromatic heterocycles. The molecule has 0 radical (unpaired) electrons. The number of nitrogens with zero attached hydrogens (tertiary/aromatic N) is 2. The maximum atomic E-state index is 12.2. The number of aliphatic imine (C=N–C) groups is 1. The van der Waals surface area contributed by atoms with Gasteiger partial charge in [0.25, 0.3) is 5.91 Å². The van der Waals surface area contributed by atoms with Crippen LogP contribution in [0.1, 0.15) is 41.7 Å². The second-order valence-corrected chi connectivity index (χ2v) is 7.64. The highest BCUT2D eigenvalue weighted by Crippen LogP contribution is 2.23. The Hall–Kier alpha value is -3.22. The van der Waals surface area contributed by atoms with E-state index in [1.165, 1.54) is 24.1 Å². The van der Waals surface area contributed by atoms with Crippen molar-refractivity contribution < 1.29 is 9.53 Å². The SMILES string of the molecule is CN=C(NCCNC(=O)c1ccc(OC)cc1)NC(C)c1cccc(N2CCCC2)c1. The molecule has 0 saturated carbocycles. The molecule has 31 heavy (non-hydrogen) atoms. The van der Waals surface area contributed by atoms with Crippen LogP contribution in [0.25, 0.3) is 0 Å². The molecule has 2 aromatic rings. The number of hydrogen-bond donors (Lipinski definition) is 3. The van der Waals surface area contributed by atoms with Crippen molar-refractivity contribution in [1.82, 2.24) is 16.0 Å². The summed E-state index contributed by atoms with van der Waals surface area (Å²) in [7, 11) is 3.35. The van der Waals surface area contributed by atoms with E-state index >= 15 is 0 Å². The van der Waals surface area contributed by atoms with Crippen molar-refractivity contribution in [2.45, 2.75) is 25.8 Å². The van der Waals surface area contributed by atoms with Crippen molar-refractivity contribution in [1.29, 1.82) is 0 Å². The van der Waals surface area contributed by atoms with Crippen LogP contribution in [0.5, 0.6) is 5.75 Å². The molecule has 1 atom stereocenters. The van der Waals surface area contributed by atoms with Crippen LogP contribution >= 0.6 is 0 Å². The first kappa shape index (κ1) is 22.5. The van der Waals surface area contributed by atoms with E-state index in [0.29, 0.717) is 24.6 Å². The van der Waals surface area contributed by atoms with Crippen LogP contribution in [0, 0.1) is 0 Å². The summed E-state index contributed by atoms with van der Waals surface area (Å²) in [6, 6.07) is 15.9. The monoisotopic (exact) mass is 423 g/mol. The van der Waals surface area contributed by atoms with Gasteiger partial charge in [0.15, 0.2) is 5.96 Å². The Labute approximate surface area is 184 Å². The quantitative estimate of drug-likeness (QED) is 0.346. The zero-order valence-electron chi connectivity index (χ0n) is 18.6. The van der Waals surface area contributed by atoms with E-state index in [0.717, 1.165) is 18.8 Å². The predicted octanol–water partition coefficient (Wildman–Crippen LogP) is 2.95. The minimum atomic E-state index is -0.112. The third kappa shape index (κ3) is 6.38.